The van der Waals surface area contributed by atoms with Crippen molar-refractivity contribution >= 4 is 24.2 Å². The molecule has 0 heterocycles. The van der Waals surface area contributed by atoms with Gasteiger partial charge >= 0.3 is 7.12 Å². The highest BCUT2D eigenvalue weighted by Crippen LogP contribution is 2.23. The number of hydrogen-bond donors (Lipinski definition) is 2. The van der Waals surface area contributed by atoms with Crippen molar-refractivity contribution in [3.63, 3.8) is 0 Å². The van der Waals surface area contributed by atoms with E-state index in [0.717, 1.165) is 12.1 Å². The topological polar surface area (TPSA) is 49.7 Å². The molecule has 1 aromatic carbocycles. The fourth-order valence-electron chi connectivity index (χ4n) is 1.03. The third-order valence-corrected chi connectivity index (χ3v) is 2.01. The van der Waals surface area contributed by atoms with Gasteiger partial charge in [0.25, 0.3) is 0 Å². The van der Waals surface area contributed by atoms with Crippen molar-refractivity contribution in [2.75, 3.05) is 6.61 Å². The van der Waals surface area contributed by atoms with Crippen LogP contribution in [0.2, 0.25) is 5.02 Å². The van der Waals surface area contributed by atoms with Crippen molar-refractivity contribution in [1.82, 2.24) is 0 Å². The summed E-state index contributed by atoms with van der Waals surface area (Å²) >= 11 is 5.74. The van der Waals surface area contributed by atoms with Crippen LogP contribution in [0.5, 0.6) is 5.75 Å². The molecular weight excluding hydrogens is 209 g/mol. The summed E-state index contributed by atoms with van der Waals surface area (Å²) in [6.07, 6.45) is 0. The predicted octanol–water partition coefficient (Wildman–Crippen LogP) is 0.558. The average Bonchev–Trinajstić information content (AvgIpc) is 2.10. The molecule has 0 aliphatic rings. The van der Waals surface area contributed by atoms with Gasteiger partial charge in [0.15, 0.2) is 0 Å². The summed E-state index contributed by atoms with van der Waals surface area (Å²) in [7, 11) is -1.81. The normalized spacial score (nSPS) is 10.1. The van der Waals surface area contributed by atoms with Crippen LogP contribution in [0, 0.1) is 5.82 Å². The van der Waals surface area contributed by atoms with Crippen LogP contribution >= 0.6 is 11.6 Å². The minimum atomic E-state index is -1.81. The monoisotopic (exact) mass is 218 g/mol. The van der Waals surface area contributed by atoms with Gasteiger partial charge in [-0.05, 0) is 13.0 Å². The molecule has 6 heteroatoms. The Morgan fingerprint density at radius 2 is 2.14 bits per heavy atom. The van der Waals surface area contributed by atoms with E-state index in [2.05, 4.69) is 0 Å². The second-order valence-electron chi connectivity index (χ2n) is 2.61. The van der Waals surface area contributed by atoms with Gasteiger partial charge in [0.1, 0.15) is 11.6 Å². The van der Waals surface area contributed by atoms with Crippen LogP contribution in [-0.2, 0) is 0 Å². The molecule has 14 heavy (non-hydrogen) atoms. The molecule has 0 aliphatic heterocycles. The lowest BCUT2D eigenvalue weighted by atomic mass is 9.80. The summed E-state index contributed by atoms with van der Waals surface area (Å²) in [5.41, 5.74) is -0.102. The predicted molar refractivity (Wildman–Crippen MR) is 52.4 cm³/mol. The Kier molecular flexibility index (Phi) is 3.74. The molecule has 0 saturated carbocycles. The maximum atomic E-state index is 12.9. The molecular formula is C8H9BClFO3. The molecule has 0 saturated heterocycles. The zero-order valence-corrected chi connectivity index (χ0v) is 8.25. The van der Waals surface area contributed by atoms with Crippen LogP contribution in [0.3, 0.4) is 0 Å². The van der Waals surface area contributed by atoms with E-state index < -0.39 is 12.9 Å². The van der Waals surface area contributed by atoms with E-state index in [-0.39, 0.29) is 16.2 Å². The van der Waals surface area contributed by atoms with Crippen LogP contribution in [0.1, 0.15) is 6.92 Å². The Hall–Kier alpha value is -0.775. The first-order chi connectivity index (χ1) is 6.56. The molecule has 0 unspecified atom stereocenters. The van der Waals surface area contributed by atoms with Crippen LogP contribution < -0.4 is 10.2 Å². The van der Waals surface area contributed by atoms with Gasteiger partial charge in [-0.15, -0.1) is 0 Å². The summed E-state index contributed by atoms with van der Waals surface area (Å²) < 4.78 is 17.9. The van der Waals surface area contributed by atoms with Crippen LogP contribution in [0.4, 0.5) is 4.39 Å². The SMILES string of the molecule is CCOc1cc(F)cc(B(O)O)c1Cl. The zero-order valence-electron chi connectivity index (χ0n) is 7.50. The third kappa shape index (κ3) is 2.38. The summed E-state index contributed by atoms with van der Waals surface area (Å²) in [6.45, 7) is 2.04. The van der Waals surface area contributed by atoms with Gasteiger partial charge in [0, 0.05) is 11.5 Å². The van der Waals surface area contributed by atoms with Crippen molar-refractivity contribution < 1.29 is 19.2 Å². The number of halogens is 2. The number of rotatable bonds is 3. The smallest absolute Gasteiger partial charge is 0.490 e. The lowest BCUT2D eigenvalue weighted by Crippen LogP contribution is -2.31. The summed E-state index contributed by atoms with van der Waals surface area (Å²) in [6, 6.07) is 2.05. The van der Waals surface area contributed by atoms with E-state index in [4.69, 9.17) is 26.4 Å². The Balaban J connectivity index is 3.18. The van der Waals surface area contributed by atoms with Gasteiger partial charge < -0.3 is 14.8 Å². The van der Waals surface area contributed by atoms with Crippen LogP contribution in [0.25, 0.3) is 0 Å². The molecule has 0 amide bonds. The van der Waals surface area contributed by atoms with E-state index in [1.165, 1.54) is 0 Å². The molecule has 0 aromatic heterocycles. The molecule has 76 valence electrons. The standard InChI is InChI=1S/C8H9BClFO3/c1-2-14-7-4-5(11)3-6(8(7)10)9(12)13/h3-4,12-13H,2H2,1H3. The summed E-state index contributed by atoms with van der Waals surface area (Å²) in [5, 5.41) is 17.8. The van der Waals surface area contributed by atoms with Gasteiger partial charge in [-0.1, -0.05) is 11.6 Å². The maximum Gasteiger partial charge on any atom is 0.490 e. The molecule has 0 atom stereocenters. The number of hydrogen-bond acceptors (Lipinski definition) is 3. The van der Waals surface area contributed by atoms with E-state index in [9.17, 15) is 4.39 Å². The van der Waals surface area contributed by atoms with Crippen molar-refractivity contribution in [3.8, 4) is 5.75 Å². The highest BCUT2D eigenvalue weighted by atomic mass is 35.5. The highest BCUT2D eigenvalue weighted by Gasteiger charge is 2.19. The van der Waals surface area contributed by atoms with Crippen molar-refractivity contribution in [2.24, 2.45) is 0 Å². The minimum Gasteiger partial charge on any atom is -0.492 e. The van der Waals surface area contributed by atoms with Crippen LogP contribution in [0.15, 0.2) is 12.1 Å². The molecule has 1 rings (SSSR count). The van der Waals surface area contributed by atoms with Crippen molar-refractivity contribution in [3.05, 3.63) is 23.0 Å². The molecule has 0 aliphatic carbocycles. The van der Waals surface area contributed by atoms with Crippen molar-refractivity contribution in [1.29, 1.82) is 0 Å². The molecule has 3 nitrogen and oxygen atoms in total. The molecule has 0 radical (unpaired) electrons. The van der Waals surface area contributed by atoms with E-state index in [0.29, 0.717) is 6.61 Å². The second kappa shape index (κ2) is 4.64. The van der Waals surface area contributed by atoms with Gasteiger partial charge in [0.2, 0.25) is 0 Å². The van der Waals surface area contributed by atoms with Crippen molar-refractivity contribution in [2.45, 2.75) is 6.92 Å². The van der Waals surface area contributed by atoms with E-state index in [1.807, 2.05) is 0 Å². The Morgan fingerprint density at radius 1 is 1.50 bits per heavy atom. The molecule has 0 spiro atoms. The fraction of sp³-hybridized carbons (Fsp3) is 0.250. The van der Waals surface area contributed by atoms with Gasteiger partial charge in [-0.3, -0.25) is 0 Å². The van der Waals surface area contributed by atoms with E-state index >= 15 is 0 Å². The Bertz CT molecular complexity index is 333. The first-order valence-electron chi connectivity index (χ1n) is 4.04. The lowest BCUT2D eigenvalue weighted by Gasteiger charge is -2.09. The average molecular weight is 218 g/mol. The lowest BCUT2D eigenvalue weighted by molar-refractivity contribution is 0.338. The second-order valence-corrected chi connectivity index (χ2v) is 2.99. The third-order valence-electron chi connectivity index (χ3n) is 1.61. The Morgan fingerprint density at radius 3 is 2.64 bits per heavy atom. The highest BCUT2D eigenvalue weighted by molar-refractivity contribution is 6.63. The molecule has 0 bridgehead atoms. The first-order valence-corrected chi connectivity index (χ1v) is 4.42. The van der Waals surface area contributed by atoms with Gasteiger partial charge in [-0.2, -0.15) is 0 Å². The van der Waals surface area contributed by atoms with Gasteiger partial charge in [0.05, 0.1) is 11.6 Å². The number of benzene rings is 1. The first kappa shape index (κ1) is 11.3. The molecule has 2 N–H and O–H groups in total. The zero-order chi connectivity index (χ0) is 10.7. The summed E-state index contributed by atoms with van der Waals surface area (Å²) in [4.78, 5) is 0. The minimum absolute atomic E-state index is 0.0169. The quantitative estimate of drug-likeness (QED) is 0.729. The van der Waals surface area contributed by atoms with E-state index in [1.54, 1.807) is 6.92 Å². The Labute approximate surface area is 86.2 Å². The van der Waals surface area contributed by atoms with Crippen LogP contribution in [-0.4, -0.2) is 23.8 Å². The van der Waals surface area contributed by atoms with Gasteiger partial charge in [-0.25, -0.2) is 4.39 Å². The molecule has 1 aromatic rings. The number of ether oxygens (including phenoxy) is 1. The largest absolute Gasteiger partial charge is 0.492 e. The summed E-state index contributed by atoms with van der Waals surface area (Å²) in [5.74, 6) is -0.516. The maximum absolute atomic E-state index is 12.9. The molecule has 0 fully saturated rings. The fourth-order valence-corrected chi connectivity index (χ4v) is 1.29.